The number of hydrogen-bond acceptors (Lipinski definition) is 8. The maximum absolute atomic E-state index is 12.6. The number of nitrogens with zero attached hydrogens (tertiary/aromatic N) is 3. The molecule has 0 radical (unpaired) electrons. The Hall–Kier alpha value is -3.05. The van der Waals surface area contributed by atoms with Gasteiger partial charge < -0.3 is 9.26 Å². The molecule has 0 bridgehead atoms. The molecule has 148 valence electrons. The number of hydrogen-bond donors (Lipinski definition) is 0. The first kappa shape index (κ1) is 19.3. The molecule has 0 fully saturated rings. The highest BCUT2D eigenvalue weighted by Gasteiger charge is 2.30. The third-order valence-electron chi connectivity index (χ3n) is 3.71. The molecular formula is C18H10F3N3O3S2. The SMILES string of the molecule is O=C(OCc1nc(-c2ccc(C(F)(F)F)cc2)no1)c1csc(-c2cccs2)n1. The summed E-state index contributed by atoms with van der Waals surface area (Å²) in [4.78, 5) is 21.4. The summed E-state index contributed by atoms with van der Waals surface area (Å²) < 4.78 is 48.0. The second-order valence-corrected chi connectivity index (χ2v) is 7.48. The number of thiazole rings is 1. The Morgan fingerprint density at radius 2 is 1.90 bits per heavy atom. The van der Waals surface area contributed by atoms with Crippen LogP contribution in [0.1, 0.15) is 21.9 Å². The lowest BCUT2D eigenvalue weighted by atomic mass is 10.1. The molecule has 3 aromatic heterocycles. The third-order valence-corrected chi connectivity index (χ3v) is 5.59. The second kappa shape index (κ2) is 7.76. The van der Waals surface area contributed by atoms with Crippen LogP contribution < -0.4 is 0 Å². The van der Waals surface area contributed by atoms with Crippen molar-refractivity contribution in [2.45, 2.75) is 12.8 Å². The van der Waals surface area contributed by atoms with E-state index in [0.29, 0.717) is 10.6 Å². The minimum Gasteiger partial charge on any atom is -0.451 e. The van der Waals surface area contributed by atoms with Crippen LogP contribution in [0.4, 0.5) is 13.2 Å². The zero-order valence-electron chi connectivity index (χ0n) is 14.3. The van der Waals surface area contributed by atoms with Crippen LogP contribution >= 0.6 is 22.7 Å². The van der Waals surface area contributed by atoms with Crippen molar-refractivity contribution in [3.05, 3.63) is 64.3 Å². The Bertz CT molecular complexity index is 1120. The molecule has 0 aliphatic heterocycles. The molecule has 0 N–H and O–H groups in total. The molecule has 6 nitrogen and oxygen atoms in total. The van der Waals surface area contributed by atoms with E-state index in [0.717, 1.165) is 17.0 Å². The molecule has 0 amide bonds. The van der Waals surface area contributed by atoms with Gasteiger partial charge in [0.25, 0.3) is 5.89 Å². The van der Waals surface area contributed by atoms with Gasteiger partial charge in [-0.05, 0) is 23.6 Å². The van der Waals surface area contributed by atoms with Crippen molar-refractivity contribution >= 4 is 28.6 Å². The lowest BCUT2D eigenvalue weighted by Gasteiger charge is -2.05. The molecule has 0 unspecified atom stereocenters. The van der Waals surface area contributed by atoms with Gasteiger partial charge in [-0.25, -0.2) is 9.78 Å². The maximum atomic E-state index is 12.6. The molecule has 0 saturated carbocycles. The Morgan fingerprint density at radius 3 is 2.59 bits per heavy atom. The normalized spacial score (nSPS) is 11.6. The van der Waals surface area contributed by atoms with Crippen LogP contribution in [0.25, 0.3) is 21.3 Å². The van der Waals surface area contributed by atoms with Gasteiger partial charge in [0.05, 0.1) is 10.4 Å². The van der Waals surface area contributed by atoms with E-state index < -0.39 is 17.7 Å². The number of carbonyl (C=O) groups excluding carboxylic acids is 1. The number of thiophene rings is 1. The van der Waals surface area contributed by atoms with Gasteiger partial charge in [-0.3, -0.25) is 0 Å². The summed E-state index contributed by atoms with van der Waals surface area (Å²) in [6.07, 6.45) is -4.42. The Kier molecular flexibility index (Phi) is 5.16. The average Bonchev–Trinajstić information content (AvgIpc) is 3.46. The summed E-state index contributed by atoms with van der Waals surface area (Å²) in [7, 11) is 0. The van der Waals surface area contributed by atoms with E-state index in [2.05, 4.69) is 15.1 Å². The Balaban J connectivity index is 1.39. The standard InChI is InChI=1S/C18H10F3N3O3S2/c19-18(20,21)11-5-3-10(4-6-11)15-23-14(27-24-15)8-26-17(25)12-9-29-16(22-12)13-2-1-7-28-13/h1-7,9H,8H2. The Morgan fingerprint density at radius 1 is 1.10 bits per heavy atom. The zero-order valence-corrected chi connectivity index (χ0v) is 16.0. The van der Waals surface area contributed by atoms with E-state index >= 15 is 0 Å². The lowest BCUT2D eigenvalue weighted by molar-refractivity contribution is -0.137. The van der Waals surface area contributed by atoms with Crippen molar-refractivity contribution < 1.29 is 27.2 Å². The van der Waals surface area contributed by atoms with Gasteiger partial charge >= 0.3 is 12.1 Å². The van der Waals surface area contributed by atoms with Gasteiger partial charge in [0.15, 0.2) is 12.3 Å². The van der Waals surface area contributed by atoms with Gasteiger partial charge in [-0.15, -0.1) is 22.7 Å². The summed E-state index contributed by atoms with van der Waals surface area (Å²) in [6, 6.07) is 8.14. The van der Waals surface area contributed by atoms with Crippen molar-refractivity contribution in [3.8, 4) is 21.3 Å². The summed E-state index contributed by atoms with van der Waals surface area (Å²) in [6.45, 7) is -0.279. The highest BCUT2D eigenvalue weighted by Crippen LogP contribution is 2.30. The molecule has 11 heteroatoms. The first-order valence-corrected chi connectivity index (χ1v) is 9.83. The predicted octanol–water partition coefficient (Wildman–Crippen LogP) is 5.30. The first-order valence-electron chi connectivity index (χ1n) is 8.07. The number of benzene rings is 1. The van der Waals surface area contributed by atoms with E-state index in [1.54, 1.807) is 5.38 Å². The zero-order chi connectivity index (χ0) is 20.4. The molecule has 3 heterocycles. The quantitative estimate of drug-likeness (QED) is 0.395. The van der Waals surface area contributed by atoms with Crippen molar-refractivity contribution in [3.63, 3.8) is 0 Å². The topological polar surface area (TPSA) is 78.1 Å². The van der Waals surface area contributed by atoms with Crippen molar-refractivity contribution in [1.29, 1.82) is 0 Å². The monoisotopic (exact) mass is 437 g/mol. The van der Waals surface area contributed by atoms with Gasteiger partial charge in [-0.1, -0.05) is 23.4 Å². The number of esters is 1. The molecule has 4 rings (SSSR count). The molecule has 0 aliphatic carbocycles. The number of aromatic nitrogens is 3. The van der Waals surface area contributed by atoms with E-state index in [4.69, 9.17) is 9.26 Å². The third kappa shape index (κ3) is 4.35. The molecule has 4 aromatic rings. The molecule has 0 aliphatic rings. The molecule has 1 aromatic carbocycles. The van der Waals surface area contributed by atoms with Crippen molar-refractivity contribution in [1.82, 2.24) is 15.1 Å². The highest BCUT2D eigenvalue weighted by atomic mass is 32.1. The van der Waals surface area contributed by atoms with E-state index in [1.165, 1.54) is 34.8 Å². The summed E-state index contributed by atoms with van der Waals surface area (Å²) in [5.41, 5.74) is -0.260. The molecule has 0 saturated heterocycles. The number of halogens is 3. The van der Waals surface area contributed by atoms with E-state index in [-0.39, 0.29) is 24.0 Å². The number of alkyl halides is 3. The number of rotatable bonds is 5. The fourth-order valence-corrected chi connectivity index (χ4v) is 3.92. The van der Waals surface area contributed by atoms with Crippen molar-refractivity contribution in [2.75, 3.05) is 0 Å². The predicted molar refractivity (Wildman–Crippen MR) is 99.3 cm³/mol. The Labute approximate surface area is 169 Å². The molecule has 0 spiro atoms. The second-order valence-electron chi connectivity index (χ2n) is 5.68. The first-order chi connectivity index (χ1) is 13.9. The van der Waals surface area contributed by atoms with Crippen LogP contribution in [-0.2, 0) is 17.5 Å². The molecule has 0 atom stereocenters. The van der Waals surface area contributed by atoms with Crippen LogP contribution in [0.2, 0.25) is 0 Å². The average molecular weight is 437 g/mol. The van der Waals surface area contributed by atoms with E-state index in [9.17, 15) is 18.0 Å². The number of carbonyl (C=O) groups is 1. The minimum atomic E-state index is -4.42. The highest BCUT2D eigenvalue weighted by molar-refractivity contribution is 7.20. The van der Waals surface area contributed by atoms with Crippen LogP contribution in [0.5, 0.6) is 0 Å². The fraction of sp³-hybridized carbons (Fsp3) is 0.111. The summed E-state index contributed by atoms with van der Waals surface area (Å²) >= 11 is 2.84. The van der Waals surface area contributed by atoms with Gasteiger partial charge in [-0.2, -0.15) is 18.2 Å². The minimum absolute atomic E-state index is 0.0157. The maximum Gasteiger partial charge on any atom is 0.416 e. The summed E-state index contributed by atoms with van der Waals surface area (Å²) in [5, 5.41) is 7.92. The van der Waals surface area contributed by atoms with Crippen molar-refractivity contribution in [2.24, 2.45) is 0 Å². The number of ether oxygens (including phenoxy) is 1. The molecular weight excluding hydrogens is 427 g/mol. The van der Waals surface area contributed by atoms with Crippen LogP contribution in [0.3, 0.4) is 0 Å². The van der Waals surface area contributed by atoms with Gasteiger partial charge in [0, 0.05) is 10.9 Å². The van der Waals surface area contributed by atoms with Gasteiger partial charge in [0.2, 0.25) is 5.82 Å². The van der Waals surface area contributed by atoms with Gasteiger partial charge in [0.1, 0.15) is 5.01 Å². The van der Waals surface area contributed by atoms with Crippen LogP contribution in [0.15, 0.2) is 51.7 Å². The lowest BCUT2D eigenvalue weighted by Crippen LogP contribution is -2.06. The van der Waals surface area contributed by atoms with E-state index in [1.807, 2.05) is 17.5 Å². The fourth-order valence-electron chi connectivity index (χ4n) is 2.32. The van der Waals surface area contributed by atoms with Crippen LogP contribution in [0, 0.1) is 0 Å². The molecule has 29 heavy (non-hydrogen) atoms. The van der Waals surface area contributed by atoms with Crippen LogP contribution in [-0.4, -0.2) is 21.1 Å². The smallest absolute Gasteiger partial charge is 0.416 e. The largest absolute Gasteiger partial charge is 0.451 e. The summed E-state index contributed by atoms with van der Waals surface area (Å²) in [5.74, 6) is -0.529.